The van der Waals surface area contributed by atoms with Crippen molar-refractivity contribution in [1.29, 1.82) is 0 Å². The topological polar surface area (TPSA) is 71.5 Å². The molecular formula is C17H23N3O3S2. The summed E-state index contributed by atoms with van der Waals surface area (Å²) in [7, 11) is -3.10. The minimum Gasteiger partial charge on any atom is -0.494 e. The molecule has 2 aliphatic rings. The number of sulfonamides is 1. The Morgan fingerprint density at radius 3 is 2.72 bits per heavy atom. The maximum absolute atomic E-state index is 12.1. The molecule has 1 saturated heterocycles. The van der Waals surface area contributed by atoms with Crippen LogP contribution in [0.1, 0.15) is 32.6 Å². The van der Waals surface area contributed by atoms with Gasteiger partial charge in [-0.15, -0.1) is 0 Å². The second-order valence-corrected chi connectivity index (χ2v) is 9.68. The van der Waals surface area contributed by atoms with E-state index in [-0.39, 0.29) is 11.3 Å². The molecule has 1 aliphatic heterocycles. The number of piperidine rings is 1. The maximum Gasteiger partial charge on any atom is 0.214 e. The van der Waals surface area contributed by atoms with Crippen LogP contribution in [0.15, 0.2) is 18.2 Å². The van der Waals surface area contributed by atoms with E-state index in [1.54, 1.807) is 11.3 Å². The molecule has 1 aromatic carbocycles. The smallest absolute Gasteiger partial charge is 0.214 e. The number of rotatable bonds is 6. The van der Waals surface area contributed by atoms with Crippen molar-refractivity contribution in [2.45, 2.75) is 43.9 Å². The Labute approximate surface area is 152 Å². The highest BCUT2D eigenvalue weighted by Crippen LogP contribution is 2.33. The number of hydrogen-bond donors (Lipinski definition) is 1. The number of hydrogen-bond acceptors (Lipinski definition) is 6. The van der Waals surface area contributed by atoms with Crippen molar-refractivity contribution < 1.29 is 13.2 Å². The normalized spacial score (nSPS) is 19.5. The summed E-state index contributed by atoms with van der Waals surface area (Å²) in [6, 6.07) is 6.04. The Hall–Kier alpha value is -1.38. The van der Waals surface area contributed by atoms with E-state index >= 15 is 0 Å². The molecule has 2 fully saturated rings. The third-order valence-electron chi connectivity index (χ3n) is 4.72. The van der Waals surface area contributed by atoms with Crippen LogP contribution in [0.4, 0.5) is 5.13 Å². The summed E-state index contributed by atoms with van der Waals surface area (Å²) in [4.78, 5) is 6.98. The molecule has 8 heteroatoms. The molecule has 2 heterocycles. The van der Waals surface area contributed by atoms with E-state index in [2.05, 4.69) is 9.62 Å². The largest absolute Gasteiger partial charge is 0.494 e. The van der Waals surface area contributed by atoms with Crippen molar-refractivity contribution >= 4 is 36.7 Å². The van der Waals surface area contributed by atoms with Crippen LogP contribution >= 0.6 is 11.3 Å². The molecule has 1 saturated carbocycles. The van der Waals surface area contributed by atoms with Crippen LogP contribution in [0, 0.1) is 0 Å². The van der Waals surface area contributed by atoms with Crippen LogP contribution in [0.2, 0.25) is 0 Å². The zero-order valence-corrected chi connectivity index (χ0v) is 15.9. The molecule has 1 N–H and O–H groups in total. The molecular weight excluding hydrogens is 358 g/mol. The van der Waals surface area contributed by atoms with Gasteiger partial charge in [0, 0.05) is 19.1 Å². The van der Waals surface area contributed by atoms with Crippen LogP contribution in [0.3, 0.4) is 0 Å². The highest BCUT2D eigenvalue weighted by atomic mass is 32.2. The van der Waals surface area contributed by atoms with E-state index < -0.39 is 10.0 Å². The number of aromatic nitrogens is 1. The molecule has 6 nitrogen and oxygen atoms in total. The lowest BCUT2D eigenvalue weighted by Crippen LogP contribution is -2.45. The van der Waals surface area contributed by atoms with Gasteiger partial charge in [0.2, 0.25) is 10.0 Å². The molecule has 0 spiro atoms. The lowest BCUT2D eigenvalue weighted by atomic mass is 10.1. The van der Waals surface area contributed by atoms with Gasteiger partial charge in [0.05, 0.1) is 22.1 Å². The lowest BCUT2D eigenvalue weighted by molar-refractivity contribution is 0.341. The summed E-state index contributed by atoms with van der Waals surface area (Å²) in [5.41, 5.74) is 0.986. The second-order valence-electron chi connectivity index (χ2n) is 6.68. The summed E-state index contributed by atoms with van der Waals surface area (Å²) >= 11 is 1.67. The van der Waals surface area contributed by atoms with E-state index in [1.807, 2.05) is 25.1 Å². The van der Waals surface area contributed by atoms with Crippen molar-refractivity contribution in [3.63, 3.8) is 0 Å². The highest BCUT2D eigenvalue weighted by molar-refractivity contribution is 7.90. The molecule has 2 aromatic rings. The van der Waals surface area contributed by atoms with E-state index in [0.29, 0.717) is 6.61 Å². The van der Waals surface area contributed by atoms with Crippen LogP contribution in [0.25, 0.3) is 10.2 Å². The molecule has 136 valence electrons. The van der Waals surface area contributed by atoms with Crippen LogP contribution in [-0.2, 0) is 10.0 Å². The Morgan fingerprint density at radius 2 is 2.04 bits per heavy atom. The Bertz CT molecular complexity index is 853. The number of fused-ring (bicyclic) bond motifs is 1. The summed E-state index contributed by atoms with van der Waals surface area (Å²) in [5.74, 6) is 0.874. The quantitative estimate of drug-likeness (QED) is 0.833. The fourth-order valence-corrected chi connectivity index (χ4v) is 5.88. The van der Waals surface area contributed by atoms with Crippen molar-refractivity contribution in [3.05, 3.63) is 18.2 Å². The minimum atomic E-state index is -3.10. The average molecular weight is 382 g/mol. The van der Waals surface area contributed by atoms with Gasteiger partial charge in [-0.25, -0.2) is 18.1 Å². The highest BCUT2D eigenvalue weighted by Gasteiger charge is 2.37. The monoisotopic (exact) mass is 381 g/mol. The summed E-state index contributed by atoms with van der Waals surface area (Å²) in [6.45, 7) is 4.29. The fraction of sp³-hybridized carbons (Fsp3) is 0.588. The van der Waals surface area contributed by atoms with Gasteiger partial charge in [0.25, 0.3) is 0 Å². The standard InChI is InChI=1S/C17H23N3O3S2/c1-2-23-13-3-6-15-16(11-13)24-17(18-15)20-9-7-12(8-10-20)19-25(21,22)14-4-5-14/h3,6,11-12,14,19H,2,4-5,7-10H2,1H3. The number of nitrogens with zero attached hydrogens (tertiary/aromatic N) is 2. The molecule has 0 amide bonds. The number of thiazole rings is 1. The molecule has 0 radical (unpaired) electrons. The zero-order chi connectivity index (χ0) is 17.4. The van der Waals surface area contributed by atoms with Crippen molar-refractivity contribution in [3.8, 4) is 5.75 Å². The number of anilines is 1. The SMILES string of the molecule is CCOc1ccc2nc(N3CCC(NS(=O)(=O)C4CC4)CC3)sc2c1. The van der Waals surface area contributed by atoms with Gasteiger partial charge < -0.3 is 9.64 Å². The predicted molar refractivity (Wildman–Crippen MR) is 101 cm³/mol. The van der Waals surface area contributed by atoms with Crippen LogP contribution in [0.5, 0.6) is 5.75 Å². The second kappa shape index (κ2) is 6.74. The van der Waals surface area contributed by atoms with Gasteiger partial charge in [0.1, 0.15) is 5.75 Å². The number of nitrogens with one attached hydrogen (secondary N) is 1. The Kier molecular flexibility index (Phi) is 4.59. The van der Waals surface area contributed by atoms with Crippen molar-refractivity contribution in [2.24, 2.45) is 0 Å². The summed E-state index contributed by atoms with van der Waals surface area (Å²) in [6.07, 6.45) is 3.27. The first-order valence-electron chi connectivity index (χ1n) is 8.84. The number of benzene rings is 1. The summed E-state index contributed by atoms with van der Waals surface area (Å²) in [5, 5.41) is 0.862. The van der Waals surface area contributed by atoms with Crippen molar-refractivity contribution in [2.75, 3.05) is 24.6 Å². The Morgan fingerprint density at radius 1 is 1.28 bits per heavy atom. The molecule has 1 aliphatic carbocycles. The predicted octanol–water partition coefficient (Wildman–Crippen LogP) is 2.75. The number of ether oxygens (including phenoxy) is 1. The third kappa shape index (κ3) is 3.75. The minimum absolute atomic E-state index is 0.0563. The van der Waals surface area contributed by atoms with Crippen LogP contribution < -0.4 is 14.4 Å². The van der Waals surface area contributed by atoms with E-state index in [4.69, 9.17) is 9.72 Å². The first-order valence-corrected chi connectivity index (χ1v) is 11.2. The van der Waals surface area contributed by atoms with Gasteiger partial charge in [-0.05, 0) is 50.8 Å². The first-order chi connectivity index (χ1) is 12.0. The molecule has 4 rings (SSSR count). The fourth-order valence-electron chi connectivity index (χ4n) is 3.18. The first kappa shape index (κ1) is 17.1. The Balaban J connectivity index is 1.41. The average Bonchev–Trinajstić information content (AvgIpc) is 3.37. The summed E-state index contributed by atoms with van der Waals surface area (Å²) < 4.78 is 33.7. The molecule has 25 heavy (non-hydrogen) atoms. The third-order valence-corrected chi connectivity index (χ3v) is 7.81. The molecule has 0 atom stereocenters. The molecule has 0 bridgehead atoms. The van der Waals surface area contributed by atoms with Gasteiger partial charge in [0.15, 0.2) is 5.13 Å². The van der Waals surface area contributed by atoms with Crippen LogP contribution in [-0.4, -0.2) is 44.4 Å². The van der Waals surface area contributed by atoms with Gasteiger partial charge in [-0.2, -0.15) is 0 Å². The van der Waals surface area contributed by atoms with Gasteiger partial charge in [-0.3, -0.25) is 0 Å². The van der Waals surface area contributed by atoms with Gasteiger partial charge >= 0.3 is 0 Å². The van der Waals surface area contributed by atoms with E-state index in [0.717, 1.165) is 59.9 Å². The molecule has 0 unspecified atom stereocenters. The van der Waals surface area contributed by atoms with E-state index in [1.165, 1.54) is 0 Å². The maximum atomic E-state index is 12.1. The van der Waals surface area contributed by atoms with Crippen molar-refractivity contribution in [1.82, 2.24) is 9.71 Å². The van der Waals surface area contributed by atoms with Gasteiger partial charge in [-0.1, -0.05) is 11.3 Å². The molecule has 1 aromatic heterocycles. The van der Waals surface area contributed by atoms with E-state index in [9.17, 15) is 8.42 Å². The zero-order valence-electron chi connectivity index (χ0n) is 14.3. The lowest BCUT2D eigenvalue weighted by Gasteiger charge is -2.31.